The lowest BCUT2D eigenvalue weighted by Crippen LogP contribution is -2.30. The molecule has 21 heavy (non-hydrogen) atoms. The van der Waals surface area contributed by atoms with E-state index in [1.54, 1.807) is 13.8 Å². The van der Waals surface area contributed by atoms with Gasteiger partial charge in [0.25, 0.3) is 5.91 Å². The molecular weight excluding hydrogens is 294 g/mol. The van der Waals surface area contributed by atoms with Crippen molar-refractivity contribution in [1.29, 1.82) is 0 Å². The maximum Gasteiger partial charge on any atom is 0.350 e. The van der Waals surface area contributed by atoms with Crippen LogP contribution in [0.2, 0.25) is 0 Å². The lowest BCUT2D eigenvalue weighted by atomic mass is 10.1. The first-order valence-electron chi connectivity index (χ1n) is 6.63. The molecule has 1 saturated heterocycles. The largest absolute Gasteiger partial charge is 0.462 e. The van der Waals surface area contributed by atoms with Crippen molar-refractivity contribution in [3.63, 3.8) is 0 Å². The van der Waals surface area contributed by atoms with Crippen LogP contribution in [0.1, 0.15) is 40.3 Å². The van der Waals surface area contributed by atoms with Crippen LogP contribution in [0.15, 0.2) is 0 Å². The average Bonchev–Trinajstić information content (AvgIpc) is 2.89. The molecule has 1 aliphatic rings. The molecule has 0 saturated carbocycles. The summed E-state index contributed by atoms with van der Waals surface area (Å²) >= 11 is 1.07. The van der Waals surface area contributed by atoms with Crippen LogP contribution in [0.5, 0.6) is 0 Å². The highest BCUT2D eigenvalue weighted by Gasteiger charge is 2.36. The van der Waals surface area contributed by atoms with E-state index in [2.05, 4.69) is 0 Å². The average molecular weight is 313 g/mol. The summed E-state index contributed by atoms with van der Waals surface area (Å²) in [6, 6.07) is 0. The number of nitrogens with zero attached hydrogens (tertiary/aromatic N) is 1. The summed E-state index contributed by atoms with van der Waals surface area (Å²) < 4.78 is 4.93. The molecule has 1 unspecified atom stereocenters. The standard InChI is InChI=1S/C13H19N3O4S/c1-3-20-12(18)9-8(14)7(10(15)17)11(21-9)16-5-4-13(2,19)6-16/h19H,3-6,14H2,1-2H3,(H2,15,17). The Hall–Kier alpha value is -1.80. The number of carbonyl (C=O) groups is 2. The van der Waals surface area contributed by atoms with Crippen molar-refractivity contribution in [2.24, 2.45) is 5.73 Å². The maximum atomic E-state index is 11.9. The molecule has 0 aliphatic carbocycles. The van der Waals surface area contributed by atoms with Gasteiger partial charge in [-0.2, -0.15) is 0 Å². The number of nitrogens with two attached hydrogens (primary N) is 2. The number of hydrogen-bond acceptors (Lipinski definition) is 7. The van der Waals surface area contributed by atoms with E-state index < -0.39 is 17.5 Å². The second-order valence-corrected chi connectivity index (χ2v) is 6.28. The number of amides is 1. The van der Waals surface area contributed by atoms with Crippen LogP contribution in [0, 0.1) is 0 Å². The number of primary amides is 1. The fourth-order valence-corrected chi connectivity index (χ4v) is 3.50. The van der Waals surface area contributed by atoms with Crippen molar-refractivity contribution in [3.8, 4) is 0 Å². The fourth-order valence-electron chi connectivity index (χ4n) is 2.36. The van der Waals surface area contributed by atoms with Gasteiger partial charge < -0.3 is 26.2 Å². The Bertz CT molecular complexity index is 582. The number of β-amino-alcohol motifs (C(OH)–C–C–N with tert-alkyl or cyclic N) is 1. The van der Waals surface area contributed by atoms with Crippen LogP contribution >= 0.6 is 11.3 Å². The van der Waals surface area contributed by atoms with Gasteiger partial charge in [-0.1, -0.05) is 0 Å². The topological polar surface area (TPSA) is 119 Å². The third-order valence-electron chi connectivity index (χ3n) is 3.37. The van der Waals surface area contributed by atoms with E-state index in [-0.39, 0.29) is 22.7 Å². The molecule has 116 valence electrons. The SMILES string of the molecule is CCOC(=O)c1sc(N2CCC(C)(O)C2)c(C(N)=O)c1N. The van der Waals surface area contributed by atoms with Gasteiger partial charge in [0.1, 0.15) is 9.88 Å². The molecule has 1 fully saturated rings. The van der Waals surface area contributed by atoms with Crippen molar-refractivity contribution in [2.45, 2.75) is 25.9 Å². The monoisotopic (exact) mass is 313 g/mol. The molecule has 7 nitrogen and oxygen atoms in total. The number of hydrogen-bond donors (Lipinski definition) is 3. The number of esters is 1. The van der Waals surface area contributed by atoms with E-state index in [9.17, 15) is 14.7 Å². The Balaban J connectivity index is 2.43. The number of anilines is 2. The number of thiophene rings is 1. The number of carbonyl (C=O) groups excluding carboxylic acids is 2. The molecule has 1 aromatic rings. The second-order valence-electron chi connectivity index (χ2n) is 5.28. The van der Waals surface area contributed by atoms with Gasteiger partial charge in [-0.05, 0) is 20.3 Å². The summed E-state index contributed by atoms with van der Waals surface area (Å²) in [6.07, 6.45) is 0.567. The molecule has 1 aromatic heterocycles. The molecular formula is C13H19N3O4S. The summed E-state index contributed by atoms with van der Waals surface area (Å²) in [4.78, 5) is 25.5. The van der Waals surface area contributed by atoms with Crippen molar-refractivity contribution in [3.05, 3.63) is 10.4 Å². The first-order valence-corrected chi connectivity index (χ1v) is 7.45. The lowest BCUT2D eigenvalue weighted by molar-refractivity contribution is 0.0533. The predicted molar refractivity (Wildman–Crippen MR) is 80.7 cm³/mol. The summed E-state index contributed by atoms with van der Waals surface area (Å²) in [6.45, 7) is 4.55. The highest BCUT2D eigenvalue weighted by atomic mass is 32.1. The minimum Gasteiger partial charge on any atom is -0.462 e. The minimum absolute atomic E-state index is 0.0486. The third-order valence-corrected chi connectivity index (χ3v) is 4.62. The Morgan fingerprint density at radius 3 is 2.67 bits per heavy atom. The van der Waals surface area contributed by atoms with Gasteiger partial charge in [0.15, 0.2) is 0 Å². The highest BCUT2D eigenvalue weighted by molar-refractivity contribution is 7.19. The summed E-state index contributed by atoms with van der Waals surface area (Å²) in [7, 11) is 0. The number of nitrogen functional groups attached to an aromatic ring is 1. The van der Waals surface area contributed by atoms with Gasteiger partial charge in [-0.15, -0.1) is 11.3 Å². The van der Waals surface area contributed by atoms with Gasteiger partial charge in [0, 0.05) is 13.1 Å². The molecule has 1 aliphatic heterocycles. The molecule has 0 bridgehead atoms. The van der Waals surface area contributed by atoms with Gasteiger partial charge in [0.2, 0.25) is 0 Å². The van der Waals surface area contributed by atoms with Gasteiger partial charge >= 0.3 is 5.97 Å². The van der Waals surface area contributed by atoms with Crippen molar-refractivity contribution >= 4 is 33.9 Å². The summed E-state index contributed by atoms with van der Waals surface area (Å²) in [5, 5.41) is 10.6. The van der Waals surface area contributed by atoms with Crippen molar-refractivity contribution in [2.75, 3.05) is 30.3 Å². The number of ether oxygens (including phenoxy) is 1. The highest BCUT2D eigenvalue weighted by Crippen LogP contribution is 2.41. The van der Waals surface area contributed by atoms with Crippen LogP contribution in [0.25, 0.3) is 0 Å². The Morgan fingerprint density at radius 2 is 2.19 bits per heavy atom. The predicted octanol–water partition coefficient (Wildman–Crippen LogP) is 0.567. The first kappa shape index (κ1) is 15.6. The Labute approximate surface area is 126 Å². The summed E-state index contributed by atoms with van der Waals surface area (Å²) in [5.41, 5.74) is 10.6. The number of rotatable bonds is 4. The molecule has 1 atom stereocenters. The van der Waals surface area contributed by atoms with Gasteiger partial charge in [-0.3, -0.25) is 4.79 Å². The molecule has 0 radical (unpaired) electrons. The molecule has 0 aromatic carbocycles. The van der Waals surface area contributed by atoms with Gasteiger partial charge in [-0.25, -0.2) is 4.79 Å². The molecule has 2 heterocycles. The molecule has 1 amide bonds. The zero-order chi connectivity index (χ0) is 15.8. The van der Waals surface area contributed by atoms with E-state index >= 15 is 0 Å². The summed E-state index contributed by atoms with van der Waals surface area (Å²) in [5.74, 6) is -1.26. The molecule has 0 spiro atoms. The number of aliphatic hydroxyl groups is 1. The van der Waals surface area contributed by atoms with Crippen molar-refractivity contribution < 1.29 is 19.4 Å². The van der Waals surface area contributed by atoms with E-state index in [0.717, 1.165) is 11.3 Å². The van der Waals surface area contributed by atoms with Crippen LogP contribution < -0.4 is 16.4 Å². The maximum absolute atomic E-state index is 11.9. The van der Waals surface area contributed by atoms with E-state index in [1.165, 1.54) is 0 Å². The third kappa shape index (κ3) is 2.96. The molecule has 2 rings (SSSR count). The van der Waals surface area contributed by atoms with Crippen LogP contribution in [0.3, 0.4) is 0 Å². The van der Waals surface area contributed by atoms with E-state index in [0.29, 0.717) is 24.5 Å². The molecule has 5 N–H and O–H groups in total. The zero-order valence-corrected chi connectivity index (χ0v) is 12.8. The minimum atomic E-state index is -0.836. The quantitative estimate of drug-likeness (QED) is 0.699. The lowest BCUT2D eigenvalue weighted by Gasteiger charge is -2.20. The second kappa shape index (κ2) is 5.53. The normalized spacial score (nSPS) is 21.6. The first-order chi connectivity index (χ1) is 9.76. The van der Waals surface area contributed by atoms with E-state index in [4.69, 9.17) is 16.2 Å². The Kier molecular flexibility index (Phi) is 4.11. The van der Waals surface area contributed by atoms with Gasteiger partial charge in [0.05, 0.1) is 23.5 Å². The smallest absolute Gasteiger partial charge is 0.350 e. The zero-order valence-electron chi connectivity index (χ0n) is 12.0. The van der Waals surface area contributed by atoms with Crippen LogP contribution in [0.4, 0.5) is 10.7 Å². The van der Waals surface area contributed by atoms with Crippen LogP contribution in [-0.4, -0.2) is 42.3 Å². The molecule has 8 heteroatoms. The fraction of sp³-hybridized carbons (Fsp3) is 0.538. The van der Waals surface area contributed by atoms with E-state index in [1.807, 2.05) is 4.90 Å². The van der Waals surface area contributed by atoms with Crippen LogP contribution in [-0.2, 0) is 4.74 Å². The Morgan fingerprint density at radius 1 is 1.52 bits per heavy atom. The van der Waals surface area contributed by atoms with Crippen molar-refractivity contribution in [1.82, 2.24) is 0 Å².